The Morgan fingerprint density at radius 3 is 2.90 bits per heavy atom. The number of hydrogen-bond donors (Lipinski definition) is 2. The lowest BCUT2D eigenvalue weighted by Gasteiger charge is -2.14. The number of thiophene rings is 1. The van der Waals surface area contributed by atoms with Crippen molar-refractivity contribution in [1.82, 2.24) is 4.98 Å². The maximum Gasteiger partial charge on any atom is 0.345 e. The van der Waals surface area contributed by atoms with Crippen molar-refractivity contribution >= 4 is 23.0 Å². The first kappa shape index (κ1) is 15.3. The van der Waals surface area contributed by atoms with Crippen LogP contribution >= 0.6 is 11.3 Å². The van der Waals surface area contributed by atoms with Gasteiger partial charge in [-0.15, -0.1) is 11.3 Å². The molecule has 0 fully saturated rings. The van der Waals surface area contributed by atoms with Crippen molar-refractivity contribution in [2.45, 2.75) is 33.4 Å². The zero-order valence-corrected chi connectivity index (χ0v) is 13.0. The summed E-state index contributed by atoms with van der Waals surface area (Å²) in [6, 6.07) is 5.43. The van der Waals surface area contributed by atoms with E-state index in [0.717, 1.165) is 16.1 Å². The molecule has 112 valence electrons. The maximum atomic E-state index is 11.0. The topological polar surface area (TPSA) is 71.5 Å². The van der Waals surface area contributed by atoms with Crippen LogP contribution in [0.1, 0.15) is 34.0 Å². The number of pyridine rings is 1. The van der Waals surface area contributed by atoms with E-state index >= 15 is 0 Å². The molecule has 2 heterocycles. The number of hydrogen-bond acceptors (Lipinski definition) is 5. The van der Waals surface area contributed by atoms with Crippen LogP contribution in [0, 0.1) is 6.92 Å². The number of aromatic carboxylic acids is 1. The highest BCUT2D eigenvalue weighted by molar-refractivity contribution is 7.14. The largest absolute Gasteiger partial charge is 0.477 e. The highest BCUT2D eigenvalue weighted by Gasteiger charge is 2.12. The van der Waals surface area contributed by atoms with Gasteiger partial charge in [0.25, 0.3) is 0 Å². The molecule has 6 heteroatoms. The van der Waals surface area contributed by atoms with Gasteiger partial charge in [0.15, 0.2) is 0 Å². The third-order valence-corrected chi connectivity index (χ3v) is 3.90. The highest BCUT2D eigenvalue weighted by Crippen LogP contribution is 2.25. The molecule has 0 aromatic carbocycles. The molecule has 0 spiro atoms. The summed E-state index contributed by atoms with van der Waals surface area (Å²) in [6.07, 6.45) is 1.73. The van der Waals surface area contributed by atoms with Crippen molar-refractivity contribution in [2.75, 3.05) is 5.32 Å². The van der Waals surface area contributed by atoms with Gasteiger partial charge in [-0.2, -0.15) is 0 Å². The van der Waals surface area contributed by atoms with Gasteiger partial charge in [0.2, 0.25) is 5.88 Å². The second kappa shape index (κ2) is 6.58. The van der Waals surface area contributed by atoms with Crippen molar-refractivity contribution in [3.8, 4) is 5.88 Å². The normalized spacial score (nSPS) is 10.7. The van der Waals surface area contributed by atoms with E-state index in [0.29, 0.717) is 17.3 Å². The van der Waals surface area contributed by atoms with Crippen molar-refractivity contribution in [3.05, 3.63) is 39.7 Å². The molecule has 0 aliphatic carbocycles. The van der Waals surface area contributed by atoms with Crippen LogP contribution in [0.4, 0.5) is 5.69 Å². The first-order valence-corrected chi connectivity index (χ1v) is 7.47. The van der Waals surface area contributed by atoms with E-state index in [9.17, 15) is 4.79 Å². The number of rotatable bonds is 6. The minimum atomic E-state index is -0.889. The average molecular weight is 306 g/mol. The van der Waals surface area contributed by atoms with Crippen molar-refractivity contribution in [1.29, 1.82) is 0 Å². The monoisotopic (exact) mass is 306 g/mol. The van der Waals surface area contributed by atoms with Gasteiger partial charge < -0.3 is 15.2 Å². The summed E-state index contributed by atoms with van der Waals surface area (Å²) >= 11 is 1.29. The van der Waals surface area contributed by atoms with E-state index in [1.165, 1.54) is 11.3 Å². The molecule has 0 saturated heterocycles. The van der Waals surface area contributed by atoms with Crippen LogP contribution in [0.25, 0.3) is 0 Å². The minimum Gasteiger partial charge on any atom is -0.477 e. The zero-order valence-electron chi connectivity index (χ0n) is 12.2. The zero-order chi connectivity index (χ0) is 15.4. The van der Waals surface area contributed by atoms with Crippen LogP contribution < -0.4 is 10.1 Å². The van der Waals surface area contributed by atoms with E-state index in [-0.39, 0.29) is 6.10 Å². The third-order valence-electron chi connectivity index (χ3n) is 2.82. The van der Waals surface area contributed by atoms with Gasteiger partial charge in [-0.3, -0.25) is 0 Å². The Balaban J connectivity index is 2.11. The first-order valence-electron chi connectivity index (χ1n) is 6.65. The number of carbonyl (C=O) groups is 1. The smallest absolute Gasteiger partial charge is 0.345 e. The summed E-state index contributed by atoms with van der Waals surface area (Å²) in [6.45, 7) is 6.35. The predicted molar refractivity (Wildman–Crippen MR) is 83.3 cm³/mol. The summed E-state index contributed by atoms with van der Waals surface area (Å²) in [7, 11) is 0. The molecule has 0 unspecified atom stereocenters. The molecule has 21 heavy (non-hydrogen) atoms. The molecule has 2 N–H and O–H groups in total. The number of carboxylic acids is 1. The second-order valence-corrected chi connectivity index (χ2v) is 6.13. The van der Waals surface area contributed by atoms with Crippen LogP contribution in [0.5, 0.6) is 5.88 Å². The maximum absolute atomic E-state index is 11.0. The van der Waals surface area contributed by atoms with Crippen LogP contribution in [0.15, 0.2) is 24.4 Å². The van der Waals surface area contributed by atoms with Crippen LogP contribution in [-0.4, -0.2) is 22.2 Å². The van der Waals surface area contributed by atoms with Gasteiger partial charge in [0.05, 0.1) is 11.8 Å². The molecule has 2 aromatic rings. The van der Waals surface area contributed by atoms with E-state index in [4.69, 9.17) is 9.84 Å². The fourth-order valence-corrected chi connectivity index (χ4v) is 2.71. The number of nitrogens with one attached hydrogen (secondary N) is 1. The SMILES string of the molecule is Cc1sc(C(=O)O)cc1CNc1cccnc1OC(C)C. The van der Waals surface area contributed by atoms with Gasteiger partial charge >= 0.3 is 5.97 Å². The Morgan fingerprint density at radius 1 is 1.52 bits per heavy atom. The highest BCUT2D eigenvalue weighted by atomic mass is 32.1. The average Bonchev–Trinajstić information content (AvgIpc) is 2.79. The Labute approximate surface area is 127 Å². The van der Waals surface area contributed by atoms with E-state index in [2.05, 4.69) is 10.3 Å². The number of anilines is 1. The van der Waals surface area contributed by atoms with Crippen molar-refractivity contribution in [3.63, 3.8) is 0 Å². The number of aromatic nitrogens is 1. The number of nitrogens with zero attached hydrogens (tertiary/aromatic N) is 1. The quantitative estimate of drug-likeness (QED) is 0.854. The molecule has 0 saturated carbocycles. The Hall–Kier alpha value is -2.08. The van der Waals surface area contributed by atoms with Gasteiger partial charge in [0, 0.05) is 17.6 Å². The molecular formula is C15H18N2O3S. The van der Waals surface area contributed by atoms with E-state index in [1.807, 2.05) is 32.9 Å². The van der Waals surface area contributed by atoms with Crippen molar-refractivity contribution in [2.24, 2.45) is 0 Å². The van der Waals surface area contributed by atoms with Gasteiger partial charge in [-0.1, -0.05) is 0 Å². The van der Waals surface area contributed by atoms with Crippen LogP contribution in [0.3, 0.4) is 0 Å². The molecular weight excluding hydrogens is 288 g/mol. The van der Waals surface area contributed by atoms with Crippen molar-refractivity contribution < 1.29 is 14.6 Å². The third kappa shape index (κ3) is 3.95. The fourth-order valence-electron chi connectivity index (χ4n) is 1.83. The van der Waals surface area contributed by atoms with Crippen LogP contribution in [0.2, 0.25) is 0 Å². The molecule has 0 amide bonds. The summed E-state index contributed by atoms with van der Waals surface area (Å²) in [5.41, 5.74) is 1.77. The molecule has 0 bridgehead atoms. The van der Waals surface area contributed by atoms with Crippen LogP contribution in [-0.2, 0) is 6.54 Å². The first-order chi connectivity index (χ1) is 9.97. The van der Waals surface area contributed by atoms with E-state index in [1.54, 1.807) is 12.3 Å². The molecule has 2 rings (SSSR count). The lowest BCUT2D eigenvalue weighted by molar-refractivity contribution is 0.0702. The summed E-state index contributed by atoms with van der Waals surface area (Å²) < 4.78 is 5.64. The molecule has 5 nitrogen and oxygen atoms in total. The standard InChI is InChI=1S/C15H18N2O3S/c1-9(2)20-14-12(5-4-6-16-14)17-8-11-7-13(15(18)19)21-10(11)3/h4-7,9,17H,8H2,1-3H3,(H,18,19). The Morgan fingerprint density at radius 2 is 2.29 bits per heavy atom. The van der Waals surface area contributed by atoms with Gasteiger partial charge in [-0.05, 0) is 44.5 Å². The second-order valence-electron chi connectivity index (χ2n) is 4.87. The summed E-state index contributed by atoms with van der Waals surface area (Å²) in [4.78, 5) is 16.5. The lowest BCUT2D eigenvalue weighted by atomic mass is 10.2. The van der Waals surface area contributed by atoms with E-state index < -0.39 is 5.97 Å². The Bertz CT molecular complexity index is 638. The number of aryl methyl sites for hydroxylation is 1. The summed E-state index contributed by atoms with van der Waals surface area (Å²) in [5, 5.41) is 12.3. The lowest BCUT2D eigenvalue weighted by Crippen LogP contribution is -2.10. The molecule has 0 aliphatic heterocycles. The predicted octanol–water partition coefficient (Wildman–Crippen LogP) is 3.55. The minimum absolute atomic E-state index is 0.0435. The summed E-state index contributed by atoms with van der Waals surface area (Å²) in [5.74, 6) is -0.335. The molecule has 2 aromatic heterocycles. The fraction of sp³-hybridized carbons (Fsp3) is 0.333. The molecule has 0 aliphatic rings. The molecule has 0 radical (unpaired) electrons. The van der Waals surface area contributed by atoms with Gasteiger partial charge in [0.1, 0.15) is 4.88 Å². The number of ether oxygens (including phenoxy) is 1. The van der Waals surface area contributed by atoms with Gasteiger partial charge in [-0.25, -0.2) is 9.78 Å². The number of carboxylic acid groups (broad SMARTS) is 1. The Kier molecular flexibility index (Phi) is 4.80. The molecule has 0 atom stereocenters.